The lowest BCUT2D eigenvalue weighted by Crippen LogP contribution is -1.94. The van der Waals surface area contributed by atoms with E-state index in [2.05, 4.69) is 155 Å². The molecule has 2 heteroatoms. The van der Waals surface area contributed by atoms with Crippen LogP contribution in [-0.2, 0) is 6.42 Å². The van der Waals surface area contributed by atoms with Crippen molar-refractivity contribution in [3.63, 3.8) is 0 Å². The highest BCUT2D eigenvalue weighted by molar-refractivity contribution is 6.09. The number of para-hydroxylation sites is 2. The van der Waals surface area contributed by atoms with Crippen molar-refractivity contribution in [3.8, 4) is 50.2 Å². The van der Waals surface area contributed by atoms with Crippen LogP contribution in [0, 0.1) is 0 Å². The molecule has 0 amide bonds. The van der Waals surface area contributed by atoms with E-state index in [0.717, 1.165) is 6.42 Å². The summed E-state index contributed by atoms with van der Waals surface area (Å²) in [6.45, 7) is 0. The predicted octanol–water partition coefficient (Wildman–Crippen LogP) is 10.8. The maximum atomic E-state index is 4.39. The Balaban J connectivity index is 1.09. The van der Waals surface area contributed by atoms with Gasteiger partial charge in [-0.15, -0.1) is 0 Å². The summed E-state index contributed by atoms with van der Waals surface area (Å²) in [5.74, 6) is 0. The fourth-order valence-corrected chi connectivity index (χ4v) is 6.97. The third kappa shape index (κ3) is 4.00. The SMILES string of the molecule is c1cc(-c2cccc(-c3ccc4c(c3)-c3cnccc3C4)c2)cc(-c2cccc(-n3c4ccccc4c4ccccc43)c2)c1. The second kappa shape index (κ2) is 9.93. The summed E-state index contributed by atoms with van der Waals surface area (Å²) in [6, 6.07) is 53.1. The average Bonchev–Trinajstić information content (AvgIpc) is 3.64. The van der Waals surface area contributed by atoms with Crippen LogP contribution in [0.5, 0.6) is 0 Å². The van der Waals surface area contributed by atoms with Crippen molar-refractivity contribution in [2.24, 2.45) is 0 Å². The zero-order chi connectivity index (χ0) is 29.0. The van der Waals surface area contributed by atoms with Crippen molar-refractivity contribution in [1.29, 1.82) is 0 Å². The van der Waals surface area contributed by atoms with Crippen molar-refractivity contribution in [2.75, 3.05) is 0 Å². The Morgan fingerprint density at radius 2 is 0.977 bits per heavy atom. The van der Waals surface area contributed by atoms with Gasteiger partial charge in [-0.25, -0.2) is 0 Å². The summed E-state index contributed by atoms with van der Waals surface area (Å²) < 4.78 is 2.38. The van der Waals surface area contributed by atoms with Crippen LogP contribution in [0.2, 0.25) is 0 Å². The van der Waals surface area contributed by atoms with Crippen molar-refractivity contribution in [3.05, 3.63) is 169 Å². The molecule has 1 aliphatic carbocycles. The van der Waals surface area contributed by atoms with E-state index in [-0.39, 0.29) is 0 Å². The van der Waals surface area contributed by atoms with E-state index in [1.54, 1.807) is 0 Å². The summed E-state index contributed by atoms with van der Waals surface area (Å²) in [6.07, 6.45) is 4.88. The molecule has 0 aliphatic heterocycles. The minimum atomic E-state index is 0.984. The molecule has 0 saturated carbocycles. The normalized spacial score (nSPS) is 12.0. The van der Waals surface area contributed by atoms with Crippen LogP contribution < -0.4 is 0 Å². The second-order valence-corrected chi connectivity index (χ2v) is 11.7. The van der Waals surface area contributed by atoms with Gasteiger partial charge in [0.2, 0.25) is 0 Å². The molecule has 0 bridgehead atoms. The van der Waals surface area contributed by atoms with Gasteiger partial charge in [0, 0.05) is 34.4 Å². The van der Waals surface area contributed by atoms with Crippen molar-refractivity contribution >= 4 is 21.8 Å². The quantitative estimate of drug-likeness (QED) is 0.209. The maximum absolute atomic E-state index is 4.39. The van der Waals surface area contributed by atoms with Gasteiger partial charge < -0.3 is 4.57 Å². The first kappa shape index (κ1) is 24.8. The Labute approximate surface area is 256 Å². The molecule has 44 heavy (non-hydrogen) atoms. The fourth-order valence-electron chi connectivity index (χ4n) is 6.97. The van der Waals surface area contributed by atoms with Crippen LogP contribution in [0.3, 0.4) is 0 Å². The fraction of sp³-hybridized carbons (Fsp3) is 0.0238. The number of aromatic nitrogens is 2. The molecule has 9 rings (SSSR count). The standard InChI is InChI=1S/C42H28N2/c1-3-16-41-37(14-1)38-15-2-4-17-42(38)44(41)36-13-7-12-32(25-36)30-10-5-8-28(22-30)29-9-6-11-31(23-29)33-18-19-34-24-35-20-21-43-27-40(35)39(34)26-33/h1-23,25-27H,24H2. The molecule has 0 radical (unpaired) electrons. The van der Waals surface area contributed by atoms with Gasteiger partial charge in [0.25, 0.3) is 0 Å². The zero-order valence-corrected chi connectivity index (χ0v) is 24.1. The first-order chi connectivity index (χ1) is 21.8. The molecule has 0 unspecified atom stereocenters. The number of benzene rings is 6. The van der Waals surface area contributed by atoms with Crippen LogP contribution >= 0.6 is 0 Å². The molecule has 2 heterocycles. The van der Waals surface area contributed by atoms with Gasteiger partial charge >= 0.3 is 0 Å². The van der Waals surface area contributed by atoms with Gasteiger partial charge in [-0.05, 0) is 105 Å². The van der Waals surface area contributed by atoms with Gasteiger partial charge in [0.05, 0.1) is 11.0 Å². The van der Waals surface area contributed by atoms with E-state index in [0.29, 0.717) is 0 Å². The minimum Gasteiger partial charge on any atom is -0.309 e. The minimum absolute atomic E-state index is 0.984. The monoisotopic (exact) mass is 560 g/mol. The summed E-state index contributed by atoms with van der Waals surface area (Å²) in [7, 11) is 0. The smallest absolute Gasteiger partial charge is 0.0541 e. The highest BCUT2D eigenvalue weighted by atomic mass is 15.0. The molecule has 0 fully saturated rings. The number of fused-ring (bicyclic) bond motifs is 6. The second-order valence-electron chi connectivity index (χ2n) is 11.7. The number of rotatable bonds is 4. The Morgan fingerprint density at radius 3 is 1.64 bits per heavy atom. The van der Waals surface area contributed by atoms with E-state index < -0.39 is 0 Å². The highest BCUT2D eigenvalue weighted by Gasteiger charge is 2.19. The van der Waals surface area contributed by atoms with E-state index in [1.165, 1.54) is 83.1 Å². The lowest BCUT2D eigenvalue weighted by molar-refractivity contribution is 1.18. The first-order valence-corrected chi connectivity index (χ1v) is 15.2. The van der Waals surface area contributed by atoms with Crippen molar-refractivity contribution in [2.45, 2.75) is 6.42 Å². The number of nitrogens with zero attached hydrogens (tertiary/aromatic N) is 2. The molecule has 1 aliphatic rings. The summed E-state index contributed by atoms with van der Waals surface area (Å²) >= 11 is 0. The summed E-state index contributed by atoms with van der Waals surface area (Å²) in [4.78, 5) is 4.39. The topological polar surface area (TPSA) is 17.8 Å². The third-order valence-electron chi connectivity index (χ3n) is 9.10. The maximum Gasteiger partial charge on any atom is 0.0541 e. The van der Waals surface area contributed by atoms with Crippen LogP contribution in [0.25, 0.3) is 72.0 Å². The van der Waals surface area contributed by atoms with Gasteiger partial charge in [-0.3, -0.25) is 4.98 Å². The van der Waals surface area contributed by atoms with Crippen molar-refractivity contribution < 1.29 is 0 Å². The van der Waals surface area contributed by atoms with E-state index >= 15 is 0 Å². The zero-order valence-electron chi connectivity index (χ0n) is 24.1. The molecule has 2 nitrogen and oxygen atoms in total. The number of pyridine rings is 1. The Morgan fingerprint density at radius 1 is 0.432 bits per heavy atom. The first-order valence-electron chi connectivity index (χ1n) is 15.2. The van der Waals surface area contributed by atoms with Gasteiger partial charge in [0.15, 0.2) is 0 Å². The number of hydrogen-bond donors (Lipinski definition) is 0. The molecular weight excluding hydrogens is 532 g/mol. The Hall–Kier alpha value is -5.73. The summed E-state index contributed by atoms with van der Waals surface area (Å²) in [5.41, 5.74) is 16.2. The largest absolute Gasteiger partial charge is 0.309 e. The Bertz CT molecular complexity index is 2320. The van der Waals surface area contributed by atoms with E-state index in [4.69, 9.17) is 0 Å². The van der Waals surface area contributed by atoms with Crippen LogP contribution in [-0.4, -0.2) is 9.55 Å². The molecule has 0 N–H and O–H groups in total. The molecule has 2 aromatic heterocycles. The van der Waals surface area contributed by atoms with Crippen LogP contribution in [0.1, 0.15) is 11.1 Å². The molecule has 0 saturated heterocycles. The van der Waals surface area contributed by atoms with E-state index in [1.807, 2.05) is 12.4 Å². The molecule has 206 valence electrons. The molecule has 6 aromatic carbocycles. The molecule has 0 atom stereocenters. The van der Waals surface area contributed by atoms with E-state index in [9.17, 15) is 0 Å². The molecule has 8 aromatic rings. The predicted molar refractivity (Wildman–Crippen MR) is 183 cm³/mol. The highest BCUT2D eigenvalue weighted by Crippen LogP contribution is 2.39. The van der Waals surface area contributed by atoms with Gasteiger partial charge in [-0.1, -0.05) is 97.1 Å². The molecular formula is C42H28N2. The lowest BCUT2D eigenvalue weighted by atomic mass is 9.94. The van der Waals surface area contributed by atoms with Crippen LogP contribution in [0.4, 0.5) is 0 Å². The third-order valence-corrected chi connectivity index (χ3v) is 9.10. The van der Waals surface area contributed by atoms with Gasteiger partial charge in [0.1, 0.15) is 0 Å². The molecule has 0 spiro atoms. The number of hydrogen-bond acceptors (Lipinski definition) is 1. The Kier molecular flexibility index (Phi) is 5.60. The average molecular weight is 561 g/mol. The van der Waals surface area contributed by atoms with Crippen molar-refractivity contribution in [1.82, 2.24) is 9.55 Å². The van der Waals surface area contributed by atoms with Crippen LogP contribution in [0.15, 0.2) is 158 Å². The lowest BCUT2D eigenvalue weighted by Gasteiger charge is -2.12. The summed E-state index contributed by atoms with van der Waals surface area (Å²) in [5, 5.41) is 2.55. The van der Waals surface area contributed by atoms with Gasteiger partial charge in [-0.2, -0.15) is 0 Å².